The van der Waals surface area contributed by atoms with E-state index in [9.17, 15) is 17.4 Å². The molecular weight excluding hydrogens is 379 g/mol. The molecule has 2 aromatic carbocycles. The molecule has 0 saturated carbocycles. The van der Waals surface area contributed by atoms with Crippen molar-refractivity contribution >= 4 is 34.2 Å². The summed E-state index contributed by atoms with van der Waals surface area (Å²) >= 11 is 6.47. The van der Waals surface area contributed by atoms with Crippen LogP contribution in [-0.4, -0.2) is 4.21 Å². The number of hydrogen-bond donors (Lipinski definition) is 0. The van der Waals surface area contributed by atoms with E-state index in [4.69, 9.17) is 16.9 Å². The number of benzene rings is 2. The molecule has 0 aromatic heterocycles. The van der Waals surface area contributed by atoms with E-state index in [-0.39, 0.29) is 4.90 Å². The zero-order valence-corrected chi connectivity index (χ0v) is 15.1. The van der Waals surface area contributed by atoms with Crippen molar-refractivity contribution in [1.82, 2.24) is 0 Å². The van der Waals surface area contributed by atoms with Gasteiger partial charge in [0.1, 0.15) is 5.40 Å². The Morgan fingerprint density at radius 1 is 1.08 bits per heavy atom. The first-order valence-corrected chi connectivity index (χ1v) is 9.12. The molecule has 0 bridgehead atoms. The minimum absolute atomic E-state index is 0.0115. The number of rotatable bonds is 3. The zero-order valence-electron chi connectivity index (χ0n) is 12.7. The summed E-state index contributed by atoms with van der Waals surface area (Å²) in [6.45, 7) is 4.00. The summed E-state index contributed by atoms with van der Waals surface area (Å²) in [5.41, 5.74) is -1.02. The average molecular weight is 392 g/mol. The van der Waals surface area contributed by atoms with Crippen LogP contribution in [0.25, 0.3) is 0 Å². The molecule has 2 nitrogen and oxygen atoms in total. The van der Waals surface area contributed by atoms with Gasteiger partial charge in [-0.2, -0.15) is 18.4 Å². The molecule has 128 valence electrons. The molecule has 0 spiro atoms. The van der Waals surface area contributed by atoms with Crippen LogP contribution in [0.1, 0.15) is 19.4 Å². The number of thiocyanates is 1. The number of alkyl halides is 3. The number of halogens is 4. The second-order valence-corrected chi connectivity index (χ2v) is 6.82. The quantitative estimate of drug-likeness (QED) is 0.467. The van der Waals surface area contributed by atoms with Crippen LogP contribution in [0, 0.1) is 10.7 Å². The smallest absolute Gasteiger partial charge is 0.249 e. The Balaban J connectivity index is 0.00000139. The molecule has 0 aliphatic heterocycles. The summed E-state index contributed by atoms with van der Waals surface area (Å²) < 4.78 is 50.8. The van der Waals surface area contributed by atoms with Crippen LogP contribution in [0.5, 0.6) is 0 Å². The summed E-state index contributed by atoms with van der Waals surface area (Å²) in [6.07, 6.45) is -4.61. The highest BCUT2D eigenvalue weighted by Gasteiger charge is 2.33. The van der Waals surface area contributed by atoms with Crippen molar-refractivity contribution < 1.29 is 17.4 Å². The molecule has 0 N–H and O–H groups in total. The topological polar surface area (TPSA) is 40.9 Å². The second kappa shape index (κ2) is 9.11. The van der Waals surface area contributed by atoms with Gasteiger partial charge in [0.05, 0.1) is 21.4 Å². The van der Waals surface area contributed by atoms with Gasteiger partial charge in [-0.1, -0.05) is 25.4 Å². The molecule has 8 heteroatoms. The highest BCUT2D eigenvalue weighted by molar-refractivity contribution is 8.03. The van der Waals surface area contributed by atoms with Gasteiger partial charge in [0.15, 0.2) is 0 Å². The highest BCUT2D eigenvalue weighted by atomic mass is 35.5. The standard InChI is InChI=1S/C14H7ClF3NOS2.C2H6/c15-13-6-5-11(7-12(13)14(16,17)18)22(20)10-3-1-9(2-4-10)21-8-19;1-2/h1-7H;1-2H3. The monoisotopic (exact) mass is 391 g/mol. The third-order valence-corrected chi connectivity index (χ3v) is 4.97. The van der Waals surface area contributed by atoms with E-state index in [0.29, 0.717) is 9.79 Å². The first-order chi connectivity index (χ1) is 11.3. The van der Waals surface area contributed by atoms with Gasteiger partial charge in [0.2, 0.25) is 0 Å². The molecule has 2 rings (SSSR count). The third kappa shape index (κ3) is 5.26. The molecular formula is C16H13ClF3NOS2. The van der Waals surface area contributed by atoms with Crippen LogP contribution in [-0.2, 0) is 17.0 Å². The number of nitrogens with zero attached hydrogens (tertiary/aromatic N) is 1. The van der Waals surface area contributed by atoms with E-state index in [2.05, 4.69) is 0 Å². The van der Waals surface area contributed by atoms with Crippen molar-refractivity contribution in [3.63, 3.8) is 0 Å². The lowest BCUT2D eigenvalue weighted by Crippen LogP contribution is -2.07. The minimum Gasteiger partial charge on any atom is -0.249 e. The molecule has 0 radical (unpaired) electrons. The number of nitriles is 1. The predicted octanol–water partition coefficient (Wildman–Crippen LogP) is 6.12. The lowest BCUT2D eigenvalue weighted by Gasteiger charge is -2.11. The molecule has 0 amide bonds. The Hall–Kier alpha value is -1.49. The van der Waals surface area contributed by atoms with Crippen LogP contribution in [0.15, 0.2) is 57.2 Å². The molecule has 0 aliphatic rings. The van der Waals surface area contributed by atoms with Crippen molar-refractivity contribution in [3.05, 3.63) is 53.1 Å². The van der Waals surface area contributed by atoms with Crippen molar-refractivity contribution in [2.24, 2.45) is 0 Å². The Labute approximate surface area is 150 Å². The Kier molecular flexibility index (Phi) is 7.80. The maximum Gasteiger partial charge on any atom is 0.417 e. The van der Waals surface area contributed by atoms with E-state index in [1.54, 1.807) is 12.1 Å². The summed E-state index contributed by atoms with van der Waals surface area (Å²) in [7, 11) is -1.76. The normalized spacial score (nSPS) is 11.9. The Morgan fingerprint density at radius 2 is 1.62 bits per heavy atom. The van der Waals surface area contributed by atoms with Crippen molar-refractivity contribution in [2.45, 2.75) is 34.7 Å². The van der Waals surface area contributed by atoms with Crippen LogP contribution in [0.3, 0.4) is 0 Å². The van der Waals surface area contributed by atoms with Gasteiger partial charge < -0.3 is 0 Å². The van der Waals surface area contributed by atoms with Crippen molar-refractivity contribution in [1.29, 1.82) is 5.26 Å². The van der Waals surface area contributed by atoms with Crippen LogP contribution in [0.4, 0.5) is 13.2 Å². The van der Waals surface area contributed by atoms with Gasteiger partial charge in [0, 0.05) is 14.7 Å². The molecule has 0 fully saturated rings. The summed E-state index contributed by atoms with van der Waals surface area (Å²) in [5, 5.41) is 10.0. The second-order valence-electron chi connectivity index (χ2n) is 4.07. The Morgan fingerprint density at radius 3 is 2.12 bits per heavy atom. The maximum atomic E-state index is 12.8. The van der Waals surface area contributed by atoms with Gasteiger partial charge in [-0.3, -0.25) is 0 Å². The molecule has 0 heterocycles. The third-order valence-electron chi connectivity index (χ3n) is 2.66. The minimum atomic E-state index is -4.61. The molecule has 1 atom stereocenters. The van der Waals surface area contributed by atoms with Gasteiger partial charge in [-0.15, -0.1) is 0 Å². The summed E-state index contributed by atoms with van der Waals surface area (Å²) in [4.78, 5) is 1.02. The highest BCUT2D eigenvalue weighted by Crippen LogP contribution is 2.36. The number of hydrogen-bond acceptors (Lipinski definition) is 3. The van der Waals surface area contributed by atoms with Gasteiger partial charge >= 0.3 is 6.18 Å². The fourth-order valence-electron chi connectivity index (χ4n) is 1.66. The average Bonchev–Trinajstić information content (AvgIpc) is 2.56. The van der Waals surface area contributed by atoms with Crippen LogP contribution < -0.4 is 0 Å². The predicted molar refractivity (Wildman–Crippen MR) is 90.4 cm³/mol. The maximum absolute atomic E-state index is 12.8. The van der Waals surface area contributed by atoms with E-state index in [1.807, 2.05) is 19.2 Å². The lowest BCUT2D eigenvalue weighted by atomic mass is 10.2. The van der Waals surface area contributed by atoms with E-state index >= 15 is 0 Å². The summed E-state index contributed by atoms with van der Waals surface area (Å²) in [5.74, 6) is 0. The first-order valence-electron chi connectivity index (χ1n) is 6.77. The van der Waals surface area contributed by atoms with Crippen molar-refractivity contribution in [2.75, 3.05) is 0 Å². The van der Waals surface area contributed by atoms with E-state index in [1.165, 1.54) is 18.2 Å². The zero-order chi connectivity index (χ0) is 18.3. The fourth-order valence-corrected chi connectivity index (χ4v) is 3.33. The molecule has 1 unspecified atom stereocenters. The largest absolute Gasteiger partial charge is 0.417 e. The molecule has 24 heavy (non-hydrogen) atoms. The molecule has 0 aliphatic carbocycles. The van der Waals surface area contributed by atoms with Crippen molar-refractivity contribution in [3.8, 4) is 5.40 Å². The molecule has 0 saturated heterocycles. The van der Waals surface area contributed by atoms with Crippen LogP contribution in [0.2, 0.25) is 5.02 Å². The number of thioether (sulfide) groups is 1. The van der Waals surface area contributed by atoms with Gasteiger partial charge in [-0.25, -0.2) is 4.21 Å². The summed E-state index contributed by atoms with van der Waals surface area (Å²) in [6, 6.07) is 9.36. The molecule has 2 aromatic rings. The first kappa shape index (κ1) is 20.6. The van der Waals surface area contributed by atoms with Gasteiger partial charge in [0.25, 0.3) is 0 Å². The SMILES string of the molecule is CC.N#CSc1ccc(S(=O)c2ccc(Cl)c(C(F)(F)F)c2)cc1. The van der Waals surface area contributed by atoms with Gasteiger partial charge in [-0.05, 0) is 54.2 Å². The fraction of sp³-hybridized carbons (Fsp3) is 0.188. The van der Waals surface area contributed by atoms with E-state index < -0.39 is 27.6 Å². The van der Waals surface area contributed by atoms with E-state index in [0.717, 1.165) is 23.9 Å². The lowest BCUT2D eigenvalue weighted by molar-refractivity contribution is -0.137. The Bertz CT molecular complexity index is 755. The van der Waals surface area contributed by atoms with Crippen LogP contribution >= 0.6 is 23.4 Å².